The van der Waals surface area contributed by atoms with Gasteiger partial charge in [-0.1, -0.05) is 12.1 Å². The number of hydrogen-bond donors (Lipinski definition) is 2. The Hall–Kier alpha value is -2.77. The molecule has 8 heteroatoms. The highest BCUT2D eigenvalue weighted by Crippen LogP contribution is 2.27. The summed E-state index contributed by atoms with van der Waals surface area (Å²) in [4.78, 5) is 8.39. The molecule has 1 heterocycles. The number of nitrogens with two attached hydrogens (primary N) is 2. The highest BCUT2D eigenvalue weighted by molar-refractivity contribution is 6.52. The highest BCUT2D eigenvalue weighted by atomic mass is 19.4. The van der Waals surface area contributed by atoms with Crippen LogP contribution in [-0.4, -0.2) is 24.3 Å². The summed E-state index contributed by atoms with van der Waals surface area (Å²) in [6.45, 7) is 1.81. The first-order valence-electron chi connectivity index (χ1n) is 6.64. The van der Waals surface area contributed by atoms with Crippen molar-refractivity contribution in [3.05, 3.63) is 53.5 Å². The number of para-hydroxylation sites is 1. The summed E-state index contributed by atoms with van der Waals surface area (Å²) >= 11 is 0. The molecule has 0 atom stereocenters. The molecule has 0 spiro atoms. The van der Waals surface area contributed by atoms with Gasteiger partial charge in [0.05, 0.1) is 18.0 Å². The summed E-state index contributed by atoms with van der Waals surface area (Å²) in [7, 11) is 0. The van der Waals surface area contributed by atoms with Crippen LogP contribution in [0, 0.1) is 0 Å². The summed E-state index contributed by atoms with van der Waals surface area (Å²) in [6, 6.07) is 5.70. The smallest absolute Gasteiger partial charge is 0.405 e. The molecule has 0 aromatic heterocycles. The van der Waals surface area contributed by atoms with Gasteiger partial charge in [0, 0.05) is 11.3 Å². The van der Waals surface area contributed by atoms with Gasteiger partial charge in [0.2, 0.25) is 0 Å². The van der Waals surface area contributed by atoms with Crippen LogP contribution in [0.5, 0.6) is 5.75 Å². The van der Waals surface area contributed by atoms with Crippen molar-refractivity contribution in [3.8, 4) is 5.75 Å². The number of alkyl halides is 3. The maximum Gasteiger partial charge on any atom is 0.573 e. The van der Waals surface area contributed by atoms with Crippen LogP contribution in [0.15, 0.2) is 57.9 Å². The van der Waals surface area contributed by atoms with Gasteiger partial charge in [-0.15, -0.1) is 13.2 Å². The topological polar surface area (TPSA) is 86.0 Å². The van der Waals surface area contributed by atoms with E-state index in [0.717, 1.165) is 0 Å². The number of halogens is 3. The number of rotatable bonds is 3. The predicted octanol–water partition coefficient (Wildman–Crippen LogP) is 2.49. The molecule has 0 amide bonds. The Morgan fingerprint density at radius 3 is 2.65 bits per heavy atom. The molecular weight excluding hydrogens is 309 g/mol. The molecule has 0 aliphatic carbocycles. The third kappa shape index (κ3) is 4.60. The van der Waals surface area contributed by atoms with Gasteiger partial charge in [-0.3, -0.25) is 4.99 Å². The summed E-state index contributed by atoms with van der Waals surface area (Å²) < 4.78 is 41.8. The van der Waals surface area contributed by atoms with E-state index in [1.54, 1.807) is 19.1 Å². The van der Waals surface area contributed by atoms with Crippen molar-refractivity contribution in [2.24, 2.45) is 21.5 Å². The van der Waals surface area contributed by atoms with Crippen LogP contribution in [0.2, 0.25) is 0 Å². The zero-order valence-corrected chi connectivity index (χ0v) is 12.3. The number of hydrogen-bond acceptors (Lipinski definition) is 5. The van der Waals surface area contributed by atoms with Gasteiger partial charge < -0.3 is 16.2 Å². The van der Waals surface area contributed by atoms with Crippen LogP contribution < -0.4 is 16.2 Å². The maximum absolute atomic E-state index is 12.6. The van der Waals surface area contributed by atoms with Gasteiger partial charge in [0.15, 0.2) is 0 Å². The molecule has 1 aliphatic rings. The maximum atomic E-state index is 12.6. The third-order valence-corrected chi connectivity index (χ3v) is 2.77. The van der Waals surface area contributed by atoms with Gasteiger partial charge in [0.1, 0.15) is 11.6 Å². The van der Waals surface area contributed by atoms with E-state index in [1.807, 2.05) is 0 Å². The SMILES string of the molecule is C/C(N)=C/C1=NC(N)=CCN=C1c1ccccc1OC(F)(F)F. The molecule has 0 radical (unpaired) electrons. The summed E-state index contributed by atoms with van der Waals surface area (Å²) in [5.41, 5.74) is 12.4. The van der Waals surface area contributed by atoms with E-state index in [1.165, 1.54) is 24.3 Å². The minimum Gasteiger partial charge on any atom is -0.405 e. The summed E-state index contributed by atoms with van der Waals surface area (Å²) in [5.74, 6) is -0.152. The van der Waals surface area contributed by atoms with E-state index in [2.05, 4.69) is 14.7 Å². The Morgan fingerprint density at radius 1 is 1.30 bits per heavy atom. The largest absolute Gasteiger partial charge is 0.573 e. The van der Waals surface area contributed by atoms with E-state index >= 15 is 0 Å². The molecule has 0 fully saturated rings. The number of allylic oxidation sites excluding steroid dienone is 2. The van der Waals surface area contributed by atoms with E-state index in [9.17, 15) is 13.2 Å². The third-order valence-electron chi connectivity index (χ3n) is 2.77. The first-order valence-corrected chi connectivity index (χ1v) is 6.64. The fraction of sp³-hybridized carbons (Fsp3) is 0.200. The van der Waals surface area contributed by atoms with Gasteiger partial charge in [-0.25, -0.2) is 4.99 Å². The second kappa shape index (κ2) is 6.55. The minimum atomic E-state index is -4.81. The first-order chi connectivity index (χ1) is 10.8. The van der Waals surface area contributed by atoms with Crippen LogP contribution >= 0.6 is 0 Å². The molecule has 0 bridgehead atoms. The molecule has 0 saturated heterocycles. The van der Waals surface area contributed by atoms with Gasteiger partial charge in [0.25, 0.3) is 0 Å². The lowest BCUT2D eigenvalue weighted by Crippen LogP contribution is -2.22. The molecule has 23 heavy (non-hydrogen) atoms. The van der Waals surface area contributed by atoms with Crippen molar-refractivity contribution >= 4 is 11.4 Å². The lowest BCUT2D eigenvalue weighted by molar-refractivity contribution is -0.274. The molecule has 122 valence electrons. The highest BCUT2D eigenvalue weighted by Gasteiger charge is 2.33. The second-order valence-corrected chi connectivity index (χ2v) is 4.75. The average molecular weight is 324 g/mol. The molecule has 0 saturated carbocycles. The summed E-state index contributed by atoms with van der Waals surface area (Å²) in [5, 5.41) is 0. The van der Waals surface area contributed by atoms with Crippen molar-refractivity contribution < 1.29 is 17.9 Å². The standard InChI is InChI=1S/C15H15F3N4O/c1-9(19)8-11-14(21-7-6-13(20)22-11)10-4-2-3-5-12(10)23-15(16,17)18/h2-6,8H,7,19-20H2,1H3/b9-8-. The predicted molar refractivity (Wildman–Crippen MR) is 82.2 cm³/mol. The Balaban J connectivity index is 2.54. The van der Waals surface area contributed by atoms with Crippen LogP contribution in [-0.2, 0) is 0 Å². The summed E-state index contributed by atoms with van der Waals surface area (Å²) in [6.07, 6.45) is -1.76. The van der Waals surface area contributed by atoms with Crippen molar-refractivity contribution in [3.63, 3.8) is 0 Å². The van der Waals surface area contributed by atoms with Gasteiger partial charge >= 0.3 is 6.36 Å². The Bertz CT molecular complexity index is 714. The number of aliphatic imine (C=N–C) groups is 2. The normalized spacial score (nSPS) is 16.2. The number of ether oxygens (including phenoxy) is 1. The van der Waals surface area contributed by atoms with Crippen LogP contribution in [0.4, 0.5) is 13.2 Å². The fourth-order valence-electron chi connectivity index (χ4n) is 1.96. The monoisotopic (exact) mass is 324 g/mol. The molecule has 4 N–H and O–H groups in total. The Labute approximate surface area is 130 Å². The zero-order valence-electron chi connectivity index (χ0n) is 12.3. The Kier molecular flexibility index (Phi) is 4.73. The van der Waals surface area contributed by atoms with Crippen molar-refractivity contribution in [2.45, 2.75) is 13.3 Å². The minimum absolute atomic E-state index is 0.157. The molecule has 1 aliphatic heterocycles. The van der Waals surface area contributed by atoms with Crippen LogP contribution in [0.25, 0.3) is 0 Å². The molecule has 1 aromatic rings. The van der Waals surface area contributed by atoms with E-state index in [4.69, 9.17) is 11.5 Å². The molecule has 0 unspecified atom stereocenters. The fourth-order valence-corrected chi connectivity index (χ4v) is 1.96. The molecule has 1 aromatic carbocycles. The average Bonchev–Trinajstić information content (AvgIpc) is 2.58. The Morgan fingerprint density at radius 2 is 2.00 bits per heavy atom. The van der Waals surface area contributed by atoms with Crippen LogP contribution in [0.1, 0.15) is 12.5 Å². The first kappa shape index (κ1) is 16.6. The second-order valence-electron chi connectivity index (χ2n) is 4.75. The van der Waals surface area contributed by atoms with Gasteiger partial charge in [-0.05, 0) is 31.2 Å². The van der Waals surface area contributed by atoms with Crippen molar-refractivity contribution in [2.75, 3.05) is 6.54 Å². The number of nitrogens with zero attached hydrogens (tertiary/aromatic N) is 2. The van der Waals surface area contributed by atoms with E-state index in [-0.39, 0.29) is 35.1 Å². The van der Waals surface area contributed by atoms with Crippen LogP contribution in [0.3, 0.4) is 0 Å². The lowest BCUT2D eigenvalue weighted by Gasteiger charge is -2.14. The number of benzene rings is 1. The van der Waals surface area contributed by atoms with Crippen molar-refractivity contribution in [1.29, 1.82) is 0 Å². The molecule has 5 nitrogen and oxygen atoms in total. The quantitative estimate of drug-likeness (QED) is 0.895. The zero-order chi connectivity index (χ0) is 17.0. The lowest BCUT2D eigenvalue weighted by atomic mass is 10.0. The van der Waals surface area contributed by atoms with E-state index < -0.39 is 6.36 Å². The van der Waals surface area contributed by atoms with Crippen molar-refractivity contribution in [1.82, 2.24) is 0 Å². The van der Waals surface area contributed by atoms with E-state index in [0.29, 0.717) is 5.70 Å². The molecule has 2 rings (SSSR count). The molecular formula is C15H15F3N4O. The van der Waals surface area contributed by atoms with Gasteiger partial charge in [-0.2, -0.15) is 0 Å².